The van der Waals surface area contributed by atoms with Gasteiger partial charge in [-0.3, -0.25) is 0 Å². The second kappa shape index (κ2) is 10.5. The summed E-state index contributed by atoms with van der Waals surface area (Å²) in [4.78, 5) is 13.4. The van der Waals surface area contributed by atoms with E-state index in [2.05, 4.69) is 20.7 Å². The number of hydrogen-bond donors (Lipinski definition) is 1. The van der Waals surface area contributed by atoms with Crippen molar-refractivity contribution >= 4 is 17.3 Å². The smallest absolute Gasteiger partial charge is 0.382 e. The number of hydrogen-bond acceptors (Lipinski definition) is 6. The van der Waals surface area contributed by atoms with Crippen LogP contribution in [0.5, 0.6) is 0 Å². The Labute approximate surface area is 203 Å². The van der Waals surface area contributed by atoms with Gasteiger partial charge in [-0.05, 0) is 42.0 Å². The molecule has 4 rings (SSSR count). The van der Waals surface area contributed by atoms with Crippen LogP contribution in [0.15, 0.2) is 72.8 Å². The molecule has 0 aliphatic carbocycles. The average Bonchev–Trinajstić information content (AvgIpc) is 3.37. The Kier molecular flexibility index (Phi) is 7.28. The van der Waals surface area contributed by atoms with Crippen LogP contribution in [0.4, 0.5) is 28.9 Å². The summed E-state index contributed by atoms with van der Waals surface area (Å²) in [5.74, 6) is -5.40. The molecule has 1 N–H and O–H groups in total. The van der Waals surface area contributed by atoms with E-state index in [0.29, 0.717) is 23.5 Å². The van der Waals surface area contributed by atoms with Gasteiger partial charge < -0.3 is 10.1 Å². The molecule has 3 aromatic carbocycles. The van der Waals surface area contributed by atoms with Crippen molar-refractivity contribution < 1.29 is 27.1 Å². The van der Waals surface area contributed by atoms with E-state index in [9.17, 15) is 22.4 Å². The summed E-state index contributed by atoms with van der Waals surface area (Å²) in [6.45, 7) is 1.96. The highest BCUT2D eigenvalue weighted by Crippen LogP contribution is 2.34. The SMILES string of the molecule is CCn1nnc(-c2cc(C(F)F)ccc2Nc2ccc(C(F)(F)C(=O)OCc3ccccc3)cc2)n1. The summed E-state index contributed by atoms with van der Waals surface area (Å²) in [5.41, 5.74) is 0.826. The highest BCUT2D eigenvalue weighted by molar-refractivity contribution is 5.80. The Bertz CT molecular complexity index is 1330. The predicted octanol–water partition coefficient (Wildman–Crippen LogP) is 5.88. The molecule has 0 atom stereocenters. The molecule has 0 aliphatic heterocycles. The first-order valence-corrected chi connectivity index (χ1v) is 10.9. The Morgan fingerprint density at radius 2 is 1.78 bits per heavy atom. The van der Waals surface area contributed by atoms with E-state index in [4.69, 9.17) is 4.74 Å². The maximum absolute atomic E-state index is 14.7. The van der Waals surface area contributed by atoms with E-state index >= 15 is 0 Å². The van der Waals surface area contributed by atoms with Crippen molar-refractivity contribution in [3.63, 3.8) is 0 Å². The fourth-order valence-electron chi connectivity index (χ4n) is 3.33. The van der Waals surface area contributed by atoms with Crippen molar-refractivity contribution in [1.82, 2.24) is 20.2 Å². The molecule has 0 unspecified atom stereocenters. The lowest BCUT2D eigenvalue weighted by atomic mass is 10.1. The van der Waals surface area contributed by atoms with E-state index in [1.807, 2.05) is 0 Å². The Balaban J connectivity index is 1.52. The van der Waals surface area contributed by atoms with Crippen LogP contribution in [-0.4, -0.2) is 26.2 Å². The molecular formula is C25H21F4N5O2. The zero-order valence-corrected chi connectivity index (χ0v) is 19.0. The van der Waals surface area contributed by atoms with Crippen LogP contribution in [0.1, 0.15) is 30.0 Å². The topological polar surface area (TPSA) is 81.9 Å². The highest BCUT2D eigenvalue weighted by atomic mass is 19.3. The molecule has 0 amide bonds. The largest absolute Gasteiger partial charge is 0.456 e. The molecule has 0 aliphatic rings. The van der Waals surface area contributed by atoms with Crippen LogP contribution >= 0.6 is 0 Å². The number of aromatic nitrogens is 4. The number of benzene rings is 3. The van der Waals surface area contributed by atoms with Crippen LogP contribution in [0, 0.1) is 0 Å². The van der Waals surface area contributed by atoms with Crippen molar-refractivity contribution in [3.8, 4) is 11.4 Å². The third-order valence-corrected chi connectivity index (χ3v) is 5.27. The molecule has 1 aromatic heterocycles. The molecule has 0 saturated heterocycles. The summed E-state index contributed by atoms with van der Waals surface area (Å²) in [7, 11) is 0. The number of carbonyl (C=O) groups excluding carboxylic acids is 1. The summed E-state index contributed by atoms with van der Waals surface area (Å²) in [5, 5.41) is 14.9. The number of aryl methyl sites for hydroxylation is 1. The molecule has 11 heteroatoms. The molecule has 0 fully saturated rings. The van der Waals surface area contributed by atoms with Crippen LogP contribution in [0.3, 0.4) is 0 Å². The first kappa shape index (κ1) is 24.8. The lowest BCUT2D eigenvalue weighted by Gasteiger charge is -2.17. The number of alkyl halides is 4. The summed E-state index contributed by atoms with van der Waals surface area (Å²) < 4.78 is 60.7. The van der Waals surface area contributed by atoms with Crippen molar-refractivity contribution in [2.24, 2.45) is 0 Å². The number of ether oxygens (including phenoxy) is 1. The Morgan fingerprint density at radius 1 is 1.06 bits per heavy atom. The van der Waals surface area contributed by atoms with Crippen molar-refractivity contribution in [2.45, 2.75) is 32.4 Å². The normalized spacial score (nSPS) is 11.5. The van der Waals surface area contributed by atoms with Gasteiger partial charge in [-0.25, -0.2) is 13.6 Å². The molecule has 0 spiro atoms. The lowest BCUT2D eigenvalue weighted by molar-refractivity contribution is -0.175. The summed E-state index contributed by atoms with van der Waals surface area (Å²) >= 11 is 0. The molecule has 1 heterocycles. The van der Waals surface area contributed by atoms with Crippen LogP contribution in [0.2, 0.25) is 0 Å². The quantitative estimate of drug-likeness (QED) is 0.229. The van der Waals surface area contributed by atoms with Gasteiger partial charge in [0.15, 0.2) is 0 Å². The van der Waals surface area contributed by atoms with Crippen LogP contribution < -0.4 is 5.32 Å². The number of nitrogens with zero attached hydrogens (tertiary/aromatic N) is 4. The van der Waals surface area contributed by atoms with Crippen molar-refractivity contribution in [1.29, 1.82) is 0 Å². The molecule has 186 valence electrons. The van der Waals surface area contributed by atoms with Gasteiger partial charge in [-0.15, -0.1) is 10.2 Å². The fraction of sp³-hybridized carbons (Fsp3) is 0.200. The molecule has 0 radical (unpaired) electrons. The van der Waals surface area contributed by atoms with Gasteiger partial charge in [0.1, 0.15) is 6.61 Å². The molecular weight excluding hydrogens is 478 g/mol. The third-order valence-electron chi connectivity index (χ3n) is 5.27. The first-order valence-electron chi connectivity index (χ1n) is 10.9. The highest BCUT2D eigenvalue weighted by Gasteiger charge is 2.42. The number of halogens is 4. The molecule has 0 saturated carbocycles. The van der Waals surface area contributed by atoms with E-state index < -0.39 is 23.9 Å². The van der Waals surface area contributed by atoms with Crippen molar-refractivity contribution in [2.75, 3.05) is 5.32 Å². The molecule has 36 heavy (non-hydrogen) atoms. The number of rotatable bonds is 9. The van der Waals surface area contributed by atoms with Gasteiger partial charge in [-0.1, -0.05) is 48.5 Å². The summed E-state index contributed by atoms with van der Waals surface area (Å²) in [6, 6.07) is 17.3. The van der Waals surface area contributed by atoms with Crippen molar-refractivity contribution in [3.05, 3.63) is 89.5 Å². The fourth-order valence-corrected chi connectivity index (χ4v) is 3.33. The standard InChI is InChI=1S/C25H21F4N5O2/c1-2-34-32-23(31-33-34)20-14-17(22(26)27)8-13-21(20)30-19-11-9-18(10-12-19)25(28,29)24(35)36-15-16-6-4-3-5-7-16/h3-14,22,30H,2,15H2,1H3. The zero-order valence-electron chi connectivity index (χ0n) is 19.0. The minimum atomic E-state index is -3.86. The lowest BCUT2D eigenvalue weighted by Crippen LogP contribution is -2.28. The Hall–Kier alpha value is -4.28. The monoisotopic (exact) mass is 499 g/mol. The Morgan fingerprint density at radius 3 is 2.42 bits per heavy atom. The average molecular weight is 499 g/mol. The maximum atomic E-state index is 14.7. The molecule has 4 aromatic rings. The number of esters is 1. The van der Waals surface area contributed by atoms with Crippen LogP contribution in [0.25, 0.3) is 11.4 Å². The minimum absolute atomic E-state index is 0.131. The first-order chi connectivity index (χ1) is 17.3. The number of carbonyl (C=O) groups is 1. The van der Waals surface area contributed by atoms with Gasteiger partial charge in [0.05, 0.1) is 6.54 Å². The second-order valence-corrected chi connectivity index (χ2v) is 7.75. The molecule has 0 bridgehead atoms. The number of tetrazole rings is 1. The van der Waals surface area contributed by atoms with Gasteiger partial charge in [-0.2, -0.15) is 13.6 Å². The van der Waals surface area contributed by atoms with Crippen LogP contribution in [-0.2, 0) is 28.6 Å². The maximum Gasteiger partial charge on any atom is 0.382 e. The minimum Gasteiger partial charge on any atom is -0.456 e. The van der Waals surface area contributed by atoms with Gasteiger partial charge in [0.25, 0.3) is 6.43 Å². The van der Waals surface area contributed by atoms with E-state index in [0.717, 1.165) is 12.1 Å². The predicted molar refractivity (Wildman–Crippen MR) is 124 cm³/mol. The van der Waals surface area contributed by atoms with Gasteiger partial charge >= 0.3 is 11.9 Å². The van der Waals surface area contributed by atoms with E-state index in [-0.39, 0.29) is 23.6 Å². The summed E-state index contributed by atoms with van der Waals surface area (Å²) in [6.07, 6.45) is -2.71. The van der Waals surface area contributed by atoms with E-state index in [1.165, 1.54) is 35.1 Å². The second-order valence-electron chi connectivity index (χ2n) is 7.75. The third kappa shape index (κ3) is 5.51. The van der Waals surface area contributed by atoms with E-state index in [1.54, 1.807) is 37.3 Å². The van der Waals surface area contributed by atoms with Gasteiger partial charge in [0, 0.05) is 28.1 Å². The number of anilines is 2. The zero-order chi connectivity index (χ0) is 25.7. The number of nitrogens with one attached hydrogen (secondary N) is 1. The van der Waals surface area contributed by atoms with Gasteiger partial charge in [0.2, 0.25) is 5.82 Å². The molecule has 7 nitrogen and oxygen atoms in total.